The van der Waals surface area contributed by atoms with E-state index in [1.165, 1.54) is 6.42 Å². The van der Waals surface area contributed by atoms with Crippen molar-refractivity contribution in [2.45, 2.75) is 64.5 Å². The first-order valence-electron chi connectivity index (χ1n) is 11.3. The number of hydrogen-bond donors (Lipinski definition) is 2. The van der Waals surface area contributed by atoms with Crippen molar-refractivity contribution in [1.29, 1.82) is 0 Å². The molecule has 0 saturated heterocycles. The molecule has 0 spiro atoms. The fourth-order valence-electron chi connectivity index (χ4n) is 4.24. The van der Waals surface area contributed by atoms with Gasteiger partial charge in [-0.05, 0) is 75.6 Å². The summed E-state index contributed by atoms with van der Waals surface area (Å²) in [6.45, 7) is 2.57. The first-order chi connectivity index (χ1) is 15.5. The Kier molecular flexibility index (Phi) is 6.97. The van der Waals surface area contributed by atoms with Crippen molar-refractivity contribution in [2.24, 2.45) is 11.8 Å². The number of carboxylic acids is 1. The average molecular weight is 443 g/mol. The van der Waals surface area contributed by atoms with E-state index in [9.17, 15) is 14.7 Å². The Balaban J connectivity index is 1.34. The lowest BCUT2D eigenvalue weighted by atomic mass is 9.86. The number of aromatic nitrogens is 1. The van der Waals surface area contributed by atoms with Crippen LogP contribution in [0.2, 0.25) is 0 Å². The highest BCUT2D eigenvalue weighted by Crippen LogP contribution is 2.31. The molecule has 2 atom stereocenters. The highest BCUT2D eigenvalue weighted by atomic mass is 16.5. The second kappa shape index (κ2) is 10.1. The van der Waals surface area contributed by atoms with Gasteiger partial charge in [-0.25, -0.2) is 4.79 Å². The number of alkyl carbamates (subject to hydrolysis) is 1. The number of carboxylic acid groups (broad SMARTS) is 1. The Morgan fingerprint density at radius 3 is 2.59 bits per heavy atom. The van der Waals surface area contributed by atoms with Crippen molar-refractivity contribution >= 4 is 12.1 Å². The van der Waals surface area contributed by atoms with E-state index in [-0.39, 0.29) is 18.6 Å². The predicted octanol–water partition coefficient (Wildman–Crippen LogP) is 4.70. The third kappa shape index (κ3) is 5.41. The number of benzene rings is 1. The lowest BCUT2D eigenvalue weighted by Gasteiger charge is -2.27. The van der Waals surface area contributed by atoms with E-state index in [1.807, 2.05) is 31.2 Å². The molecule has 1 amide bonds. The van der Waals surface area contributed by atoms with Crippen molar-refractivity contribution in [2.75, 3.05) is 6.61 Å². The summed E-state index contributed by atoms with van der Waals surface area (Å²) in [6, 6.07) is 7.46. The molecule has 1 aromatic heterocycles. The van der Waals surface area contributed by atoms with Crippen LogP contribution in [0.1, 0.15) is 56.2 Å². The summed E-state index contributed by atoms with van der Waals surface area (Å²) in [5.41, 5.74) is 2.34. The number of carbonyl (C=O) groups is 2. The van der Waals surface area contributed by atoms with Gasteiger partial charge in [0.05, 0.1) is 30.9 Å². The molecule has 1 aromatic carbocycles. The van der Waals surface area contributed by atoms with Crippen LogP contribution in [0.4, 0.5) is 4.79 Å². The normalized spacial score (nSPS) is 20.9. The van der Waals surface area contributed by atoms with Gasteiger partial charge in [0.1, 0.15) is 5.75 Å². The third-order valence-corrected chi connectivity index (χ3v) is 6.46. The molecule has 0 unspecified atom stereocenters. The molecule has 0 aliphatic heterocycles. The number of nitrogens with one attached hydrogen (secondary N) is 1. The first-order valence-corrected chi connectivity index (χ1v) is 11.3. The fraction of sp³-hybridized carbons (Fsp3) is 0.542. The van der Waals surface area contributed by atoms with Crippen LogP contribution in [0.25, 0.3) is 11.3 Å². The Morgan fingerprint density at radius 1 is 1.16 bits per heavy atom. The highest BCUT2D eigenvalue weighted by molar-refractivity contribution is 5.70. The topological polar surface area (TPSA) is 111 Å². The molecule has 0 radical (unpaired) electrons. The summed E-state index contributed by atoms with van der Waals surface area (Å²) < 4.78 is 16.8. The van der Waals surface area contributed by atoms with Crippen LogP contribution in [0.5, 0.6) is 5.75 Å². The molecule has 2 fully saturated rings. The van der Waals surface area contributed by atoms with Crippen LogP contribution in [0.3, 0.4) is 0 Å². The molecule has 8 heteroatoms. The number of aryl methyl sites for hydroxylation is 1. The van der Waals surface area contributed by atoms with Gasteiger partial charge < -0.3 is 24.4 Å². The molecule has 32 heavy (non-hydrogen) atoms. The molecule has 2 aliphatic rings. The van der Waals surface area contributed by atoms with E-state index in [1.54, 1.807) is 0 Å². The summed E-state index contributed by atoms with van der Waals surface area (Å²) >= 11 is 0. The summed E-state index contributed by atoms with van der Waals surface area (Å²) in [5, 5.41) is 16.1. The van der Waals surface area contributed by atoms with Gasteiger partial charge >= 0.3 is 12.1 Å². The van der Waals surface area contributed by atoms with Gasteiger partial charge in [0.2, 0.25) is 0 Å². The van der Waals surface area contributed by atoms with E-state index >= 15 is 0 Å². The molecule has 2 N–H and O–H groups in total. The Labute approximate surface area is 187 Å². The predicted molar refractivity (Wildman–Crippen MR) is 116 cm³/mol. The standard InChI is InChI=1S/C24H30N2O6/c1-15-21(13-25-24(29)30-14-16-4-2-5-16)22(32-26-15)17-8-10-19(11-9-17)31-20-7-3-6-18(12-20)23(27)28/h8-11,16,18,20H,2-7,12-14H2,1H3,(H,25,29)(H,27,28)/t18-,20-/m0/s1. The molecular weight excluding hydrogens is 412 g/mol. The largest absolute Gasteiger partial charge is 0.490 e. The van der Waals surface area contributed by atoms with Gasteiger partial charge in [-0.15, -0.1) is 0 Å². The zero-order chi connectivity index (χ0) is 22.5. The number of nitrogens with zero attached hydrogens (tertiary/aromatic N) is 1. The molecule has 2 aromatic rings. The first kappa shape index (κ1) is 22.2. The number of aliphatic carboxylic acids is 1. The fourth-order valence-corrected chi connectivity index (χ4v) is 4.24. The lowest BCUT2D eigenvalue weighted by molar-refractivity contribution is -0.143. The van der Waals surface area contributed by atoms with Crippen LogP contribution in [0.15, 0.2) is 28.8 Å². The van der Waals surface area contributed by atoms with E-state index in [2.05, 4.69) is 10.5 Å². The van der Waals surface area contributed by atoms with Gasteiger partial charge in [-0.2, -0.15) is 0 Å². The second-order valence-corrected chi connectivity index (χ2v) is 8.79. The molecule has 172 valence electrons. The average Bonchev–Trinajstić information content (AvgIpc) is 3.12. The van der Waals surface area contributed by atoms with Crippen molar-refractivity contribution in [3.05, 3.63) is 35.5 Å². The Morgan fingerprint density at radius 2 is 1.91 bits per heavy atom. The molecule has 1 heterocycles. The van der Waals surface area contributed by atoms with Crippen molar-refractivity contribution < 1.29 is 28.7 Å². The van der Waals surface area contributed by atoms with E-state index in [0.717, 1.165) is 36.8 Å². The number of carbonyl (C=O) groups excluding carboxylic acids is 1. The molecule has 4 rings (SSSR count). The molecule has 8 nitrogen and oxygen atoms in total. The number of ether oxygens (including phenoxy) is 2. The minimum atomic E-state index is -0.748. The van der Waals surface area contributed by atoms with Crippen LogP contribution in [-0.4, -0.2) is 35.0 Å². The quantitative estimate of drug-likeness (QED) is 0.610. The maximum Gasteiger partial charge on any atom is 0.407 e. The van der Waals surface area contributed by atoms with Gasteiger partial charge in [0.25, 0.3) is 0 Å². The highest BCUT2D eigenvalue weighted by Gasteiger charge is 2.28. The third-order valence-electron chi connectivity index (χ3n) is 6.46. The maximum absolute atomic E-state index is 12.0. The monoisotopic (exact) mass is 442 g/mol. The number of amides is 1. The Bertz CT molecular complexity index is 934. The summed E-state index contributed by atoms with van der Waals surface area (Å²) in [6.07, 6.45) is 5.91. The van der Waals surface area contributed by atoms with Gasteiger partial charge in [0, 0.05) is 11.1 Å². The molecule has 0 bridgehead atoms. The van der Waals surface area contributed by atoms with Crippen molar-refractivity contribution in [3.63, 3.8) is 0 Å². The zero-order valence-electron chi connectivity index (χ0n) is 18.3. The molecular formula is C24H30N2O6. The van der Waals surface area contributed by atoms with E-state index in [0.29, 0.717) is 42.6 Å². The van der Waals surface area contributed by atoms with Crippen LogP contribution in [-0.2, 0) is 16.1 Å². The summed E-state index contributed by atoms with van der Waals surface area (Å²) in [7, 11) is 0. The lowest BCUT2D eigenvalue weighted by Crippen LogP contribution is -2.29. The van der Waals surface area contributed by atoms with E-state index < -0.39 is 12.1 Å². The van der Waals surface area contributed by atoms with Crippen molar-refractivity contribution in [3.8, 4) is 17.1 Å². The van der Waals surface area contributed by atoms with Crippen LogP contribution in [0, 0.1) is 18.8 Å². The van der Waals surface area contributed by atoms with Crippen LogP contribution < -0.4 is 10.1 Å². The van der Waals surface area contributed by atoms with Crippen molar-refractivity contribution in [1.82, 2.24) is 10.5 Å². The summed E-state index contributed by atoms with van der Waals surface area (Å²) in [5.74, 6) is 0.707. The maximum atomic E-state index is 12.0. The van der Waals surface area contributed by atoms with Gasteiger partial charge in [0.15, 0.2) is 5.76 Å². The van der Waals surface area contributed by atoms with Gasteiger partial charge in [-0.3, -0.25) is 4.79 Å². The minimum Gasteiger partial charge on any atom is -0.490 e. The smallest absolute Gasteiger partial charge is 0.407 e. The zero-order valence-corrected chi connectivity index (χ0v) is 18.3. The van der Waals surface area contributed by atoms with Gasteiger partial charge in [-0.1, -0.05) is 11.6 Å². The second-order valence-electron chi connectivity index (χ2n) is 8.79. The Hall–Kier alpha value is -3.03. The summed E-state index contributed by atoms with van der Waals surface area (Å²) in [4.78, 5) is 23.3. The number of rotatable bonds is 8. The van der Waals surface area contributed by atoms with Crippen LogP contribution >= 0.6 is 0 Å². The number of hydrogen-bond acceptors (Lipinski definition) is 6. The molecule has 2 aliphatic carbocycles. The van der Waals surface area contributed by atoms with E-state index in [4.69, 9.17) is 14.0 Å². The SMILES string of the molecule is Cc1noc(-c2ccc(O[C@H]3CCC[C@H](C(=O)O)C3)cc2)c1CNC(=O)OCC1CCC1. The minimum absolute atomic E-state index is 0.0890. The molecule has 2 saturated carbocycles.